The lowest BCUT2D eigenvalue weighted by atomic mass is 10.0. The van der Waals surface area contributed by atoms with Crippen LogP contribution >= 0.6 is 15.9 Å². The molecule has 0 aliphatic heterocycles. The largest absolute Gasteiger partial charge is 0.302 e. The van der Waals surface area contributed by atoms with Crippen LogP contribution in [0.25, 0.3) is 0 Å². The molecule has 1 aromatic rings. The average Bonchev–Trinajstić information content (AvgIpc) is 2.87. The molecule has 5 heteroatoms. The van der Waals surface area contributed by atoms with Gasteiger partial charge in [-0.25, -0.2) is 0 Å². The van der Waals surface area contributed by atoms with E-state index in [1.807, 2.05) is 14.0 Å². The average molecular weight is 297 g/mol. The molecule has 0 radical (unpaired) electrons. The van der Waals surface area contributed by atoms with Crippen LogP contribution in [-0.2, 0) is 0 Å². The highest BCUT2D eigenvalue weighted by Gasteiger charge is 2.39. The molecule has 92 valence electrons. The number of halogens is 1. The van der Waals surface area contributed by atoms with Gasteiger partial charge in [0.2, 0.25) is 0 Å². The van der Waals surface area contributed by atoms with Gasteiger partial charge in [0.15, 0.2) is 0 Å². The molecule has 1 aliphatic rings. The molecule has 1 heterocycles. The van der Waals surface area contributed by atoms with Gasteiger partial charge >= 0.3 is 0 Å². The second-order valence-electron chi connectivity index (χ2n) is 4.77. The van der Waals surface area contributed by atoms with Crippen molar-refractivity contribution in [2.45, 2.75) is 44.7 Å². The predicted octanol–water partition coefficient (Wildman–Crippen LogP) is 2.47. The molecule has 1 aromatic heterocycles. The molecule has 17 heavy (non-hydrogen) atoms. The molecule has 0 aromatic carbocycles. The standard InChI is InChI=1S/C12H17BrN4/c1-8-11(13)9(2)17(16-8)10-4-5-12(6-10,7-14)15-3/h10,15H,4-6H2,1-3H3. The van der Waals surface area contributed by atoms with Gasteiger partial charge in [-0.2, -0.15) is 10.4 Å². The molecular weight excluding hydrogens is 280 g/mol. The number of aromatic nitrogens is 2. The Morgan fingerprint density at radius 3 is 2.71 bits per heavy atom. The summed E-state index contributed by atoms with van der Waals surface area (Å²) in [5.41, 5.74) is 1.79. The van der Waals surface area contributed by atoms with E-state index in [1.54, 1.807) is 0 Å². The van der Waals surface area contributed by atoms with Crippen LogP contribution in [0.5, 0.6) is 0 Å². The van der Waals surface area contributed by atoms with Gasteiger partial charge in [-0.15, -0.1) is 0 Å². The maximum Gasteiger partial charge on any atom is 0.108 e. The number of hydrogen-bond acceptors (Lipinski definition) is 3. The van der Waals surface area contributed by atoms with Crippen molar-refractivity contribution in [1.29, 1.82) is 5.26 Å². The zero-order chi connectivity index (χ0) is 12.6. The summed E-state index contributed by atoms with van der Waals surface area (Å²) in [7, 11) is 1.86. The minimum Gasteiger partial charge on any atom is -0.302 e. The summed E-state index contributed by atoms with van der Waals surface area (Å²) >= 11 is 3.55. The van der Waals surface area contributed by atoms with Crippen molar-refractivity contribution in [3.63, 3.8) is 0 Å². The third-order valence-corrected chi connectivity index (χ3v) is 4.91. The van der Waals surface area contributed by atoms with Crippen LogP contribution in [0.15, 0.2) is 4.47 Å². The second kappa shape index (κ2) is 4.43. The summed E-state index contributed by atoms with van der Waals surface area (Å²) in [6, 6.07) is 2.73. The van der Waals surface area contributed by atoms with Crippen LogP contribution in [-0.4, -0.2) is 22.4 Å². The molecule has 1 saturated carbocycles. The normalized spacial score (nSPS) is 28.3. The van der Waals surface area contributed by atoms with Gasteiger partial charge in [0.1, 0.15) is 5.54 Å². The van der Waals surface area contributed by atoms with E-state index in [9.17, 15) is 5.26 Å². The fourth-order valence-corrected chi connectivity index (χ4v) is 2.87. The summed E-state index contributed by atoms with van der Waals surface area (Å²) in [5, 5.41) is 17.0. The number of nitrogens with one attached hydrogen (secondary N) is 1. The number of hydrogen-bond donors (Lipinski definition) is 1. The lowest BCUT2D eigenvalue weighted by molar-refractivity contribution is 0.404. The fraction of sp³-hybridized carbons (Fsp3) is 0.667. The van der Waals surface area contributed by atoms with E-state index in [-0.39, 0.29) is 5.54 Å². The minimum atomic E-state index is -0.372. The molecule has 2 unspecified atom stereocenters. The molecule has 0 amide bonds. The fourth-order valence-electron chi connectivity index (χ4n) is 2.61. The van der Waals surface area contributed by atoms with Gasteiger partial charge in [-0.3, -0.25) is 4.68 Å². The van der Waals surface area contributed by atoms with E-state index >= 15 is 0 Å². The quantitative estimate of drug-likeness (QED) is 0.912. The van der Waals surface area contributed by atoms with E-state index in [1.165, 1.54) is 0 Å². The lowest BCUT2D eigenvalue weighted by Crippen LogP contribution is -2.38. The van der Waals surface area contributed by atoms with E-state index in [0.717, 1.165) is 35.1 Å². The number of rotatable bonds is 2. The summed E-state index contributed by atoms with van der Waals surface area (Å²) in [6.07, 6.45) is 2.72. The molecule has 0 saturated heterocycles. The summed E-state index contributed by atoms with van der Waals surface area (Å²) in [6.45, 7) is 4.06. The second-order valence-corrected chi connectivity index (χ2v) is 5.56. The summed E-state index contributed by atoms with van der Waals surface area (Å²) in [5.74, 6) is 0. The van der Waals surface area contributed by atoms with Crippen molar-refractivity contribution < 1.29 is 0 Å². The first-order valence-corrected chi connectivity index (χ1v) is 6.63. The molecule has 0 bridgehead atoms. The molecule has 0 spiro atoms. The van der Waals surface area contributed by atoms with Gasteiger partial charge in [0, 0.05) is 6.42 Å². The van der Waals surface area contributed by atoms with Crippen molar-refractivity contribution in [2.24, 2.45) is 0 Å². The zero-order valence-corrected chi connectivity index (χ0v) is 12.0. The van der Waals surface area contributed by atoms with Crippen LogP contribution in [0.3, 0.4) is 0 Å². The van der Waals surface area contributed by atoms with Crippen LogP contribution in [0, 0.1) is 25.2 Å². The number of nitriles is 1. The minimum absolute atomic E-state index is 0.326. The Hall–Kier alpha value is -0.860. The first kappa shape index (κ1) is 12.6. The SMILES string of the molecule is CNC1(C#N)CCC(n2nc(C)c(Br)c2C)C1. The van der Waals surface area contributed by atoms with Crippen LogP contribution < -0.4 is 5.32 Å². The topological polar surface area (TPSA) is 53.6 Å². The van der Waals surface area contributed by atoms with Crippen molar-refractivity contribution in [2.75, 3.05) is 7.05 Å². The lowest BCUT2D eigenvalue weighted by Gasteiger charge is -2.20. The van der Waals surface area contributed by atoms with Crippen molar-refractivity contribution in [3.8, 4) is 6.07 Å². The highest BCUT2D eigenvalue weighted by atomic mass is 79.9. The maximum absolute atomic E-state index is 9.26. The summed E-state index contributed by atoms with van der Waals surface area (Å²) in [4.78, 5) is 0. The van der Waals surface area contributed by atoms with Gasteiger partial charge < -0.3 is 5.32 Å². The smallest absolute Gasteiger partial charge is 0.108 e. The molecular formula is C12H17BrN4. The first-order valence-electron chi connectivity index (χ1n) is 5.84. The molecule has 2 rings (SSSR count). The highest BCUT2D eigenvalue weighted by molar-refractivity contribution is 9.10. The first-order chi connectivity index (χ1) is 8.03. The molecule has 1 aliphatic carbocycles. The number of aryl methyl sites for hydroxylation is 1. The number of nitrogens with zero attached hydrogens (tertiary/aromatic N) is 3. The van der Waals surface area contributed by atoms with Gasteiger partial charge in [-0.05, 0) is 49.7 Å². The van der Waals surface area contributed by atoms with Crippen LogP contribution in [0.1, 0.15) is 36.7 Å². The highest BCUT2D eigenvalue weighted by Crippen LogP contribution is 2.38. The van der Waals surface area contributed by atoms with Gasteiger partial charge in [0.25, 0.3) is 0 Å². The van der Waals surface area contributed by atoms with E-state index in [2.05, 4.69) is 44.0 Å². The van der Waals surface area contributed by atoms with E-state index < -0.39 is 0 Å². The van der Waals surface area contributed by atoms with Crippen LogP contribution in [0.2, 0.25) is 0 Å². The summed E-state index contributed by atoms with van der Waals surface area (Å²) < 4.78 is 3.15. The van der Waals surface area contributed by atoms with E-state index in [4.69, 9.17) is 0 Å². The van der Waals surface area contributed by atoms with Crippen molar-refractivity contribution in [3.05, 3.63) is 15.9 Å². The Labute approximate surface area is 110 Å². The molecule has 4 nitrogen and oxygen atoms in total. The maximum atomic E-state index is 9.26. The third kappa shape index (κ3) is 2.00. The molecule has 1 fully saturated rings. The Kier molecular flexibility index (Phi) is 3.28. The Balaban J connectivity index is 2.27. The van der Waals surface area contributed by atoms with Crippen molar-refractivity contribution in [1.82, 2.24) is 15.1 Å². The third-order valence-electron chi connectivity index (χ3n) is 3.76. The van der Waals surface area contributed by atoms with Crippen molar-refractivity contribution >= 4 is 15.9 Å². The Morgan fingerprint density at radius 2 is 2.29 bits per heavy atom. The zero-order valence-electron chi connectivity index (χ0n) is 10.4. The van der Waals surface area contributed by atoms with Gasteiger partial charge in [0.05, 0.1) is 28.0 Å². The molecule has 1 N–H and O–H groups in total. The monoisotopic (exact) mass is 296 g/mol. The Morgan fingerprint density at radius 1 is 1.59 bits per heavy atom. The Bertz CT molecular complexity index is 474. The predicted molar refractivity (Wildman–Crippen MR) is 69.7 cm³/mol. The van der Waals surface area contributed by atoms with Gasteiger partial charge in [-0.1, -0.05) is 0 Å². The van der Waals surface area contributed by atoms with E-state index in [0.29, 0.717) is 6.04 Å². The van der Waals surface area contributed by atoms with Crippen LogP contribution in [0.4, 0.5) is 0 Å². The molecule has 2 atom stereocenters.